The molecule has 3 rings (SSSR count). The first-order valence-electron chi connectivity index (χ1n) is 15.2. The number of carbonyl (C=O) groups is 2. The Morgan fingerprint density at radius 1 is 0.936 bits per heavy atom. The van der Waals surface area contributed by atoms with Crippen LogP contribution in [0.25, 0.3) is 0 Å². The zero-order chi connectivity index (χ0) is 35.4. The summed E-state index contributed by atoms with van der Waals surface area (Å²) >= 11 is 0. The third kappa shape index (κ3) is 10.0. The summed E-state index contributed by atoms with van der Waals surface area (Å²) in [6, 6.07) is 10.4. The van der Waals surface area contributed by atoms with E-state index < -0.39 is 66.9 Å². The monoisotopic (exact) mass is 697 g/mol. The molecular formula is C32H47N3O10S2. The molecule has 1 heterocycles. The van der Waals surface area contributed by atoms with Crippen molar-refractivity contribution < 1.29 is 45.7 Å². The van der Waals surface area contributed by atoms with Crippen molar-refractivity contribution in [1.29, 1.82) is 0 Å². The number of nitrogens with one attached hydrogen (secondary N) is 2. The van der Waals surface area contributed by atoms with Gasteiger partial charge in [-0.2, -0.15) is 4.31 Å². The van der Waals surface area contributed by atoms with Crippen LogP contribution in [0.3, 0.4) is 0 Å². The van der Waals surface area contributed by atoms with Gasteiger partial charge in [-0.1, -0.05) is 44.2 Å². The Morgan fingerprint density at radius 3 is 2.13 bits per heavy atom. The van der Waals surface area contributed by atoms with Crippen LogP contribution >= 0.6 is 0 Å². The molecule has 3 N–H and O–H groups in total. The van der Waals surface area contributed by atoms with Crippen molar-refractivity contribution in [2.45, 2.75) is 88.3 Å². The van der Waals surface area contributed by atoms with Gasteiger partial charge in [0.1, 0.15) is 11.6 Å². The SMILES string of the molecule is CC(C)CN(CC(O)C(Cc1ccccc1)NC(=O)C(NC(=O)OC(C)(C)C)C(C)(C)S(C)(=O)=O)S(=O)(=O)c1ccc2c(c1)OCO2. The summed E-state index contributed by atoms with van der Waals surface area (Å²) in [6.45, 7) is 10.7. The number of aliphatic hydroxyl groups excluding tert-OH is 1. The molecule has 0 fully saturated rings. The second-order valence-corrected chi connectivity index (χ2v) is 18.1. The lowest BCUT2D eigenvalue weighted by atomic mass is 9.98. The summed E-state index contributed by atoms with van der Waals surface area (Å²) in [4.78, 5) is 26.6. The van der Waals surface area contributed by atoms with E-state index in [2.05, 4.69) is 10.6 Å². The molecule has 2 aromatic carbocycles. The van der Waals surface area contributed by atoms with Crippen molar-refractivity contribution in [3.05, 3.63) is 54.1 Å². The van der Waals surface area contributed by atoms with Crippen molar-refractivity contribution in [1.82, 2.24) is 14.9 Å². The van der Waals surface area contributed by atoms with Gasteiger partial charge < -0.3 is 30.0 Å². The molecule has 2 amide bonds. The summed E-state index contributed by atoms with van der Waals surface area (Å²) in [5.74, 6) is -0.342. The Labute approximate surface area is 277 Å². The summed E-state index contributed by atoms with van der Waals surface area (Å²) in [5.41, 5.74) is -0.222. The standard InChI is InChI=1S/C32H47N3O10S2/c1-21(2)18-35(47(41,42)23-14-15-26-27(17-23)44-20-43-26)19-25(36)24(16-22-12-10-9-11-13-22)33-29(37)28(32(6,7)46(8,39)40)34-30(38)45-31(3,4)5/h9-15,17,21,24-25,28,36H,16,18-20H2,1-8H3,(H,33,37)(H,34,38). The third-order valence-corrected chi connectivity index (χ3v) is 11.6. The Balaban J connectivity index is 1.98. The molecule has 0 saturated heterocycles. The van der Waals surface area contributed by atoms with Gasteiger partial charge >= 0.3 is 6.09 Å². The number of nitrogens with zero attached hydrogens (tertiary/aromatic N) is 1. The lowest BCUT2D eigenvalue weighted by Crippen LogP contribution is -2.63. The van der Waals surface area contributed by atoms with Gasteiger partial charge in [0.05, 0.1) is 21.8 Å². The van der Waals surface area contributed by atoms with Crippen molar-refractivity contribution >= 4 is 31.9 Å². The van der Waals surface area contributed by atoms with Crippen molar-refractivity contribution in [2.24, 2.45) is 5.92 Å². The number of fused-ring (bicyclic) bond motifs is 1. The molecule has 262 valence electrons. The molecule has 0 radical (unpaired) electrons. The fourth-order valence-corrected chi connectivity index (χ4v) is 7.04. The minimum atomic E-state index is -4.17. The quantitative estimate of drug-likeness (QED) is 0.266. The number of amides is 2. The lowest BCUT2D eigenvalue weighted by molar-refractivity contribution is -0.125. The lowest BCUT2D eigenvalue weighted by Gasteiger charge is -2.35. The Hall–Kier alpha value is -3.40. The van der Waals surface area contributed by atoms with E-state index in [0.717, 1.165) is 10.6 Å². The minimum absolute atomic E-state index is 0.0337. The third-order valence-electron chi connectivity index (χ3n) is 7.61. The van der Waals surface area contributed by atoms with Gasteiger partial charge in [-0.05, 0) is 64.7 Å². The van der Waals surface area contributed by atoms with Gasteiger partial charge in [0.2, 0.25) is 22.7 Å². The van der Waals surface area contributed by atoms with E-state index in [4.69, 9.17) is 14.2 Å². The van der Waals surface area contributed by atoms with Crippen molar-refractivity contribution in [3.63, 3.8) is 0 Å². The van der Waals surface area contributed by atoms with E-state index in [1.165, 1.54) is 32.0 Å². The van der Waals surface area contributed by atoms with Gasteiger partial charge in [0.15, 0.2) is 21.3 Å². The van der Waals surface area contributed by atoms with E-state index in [9.17, 15) is 31.5 Å². The summed E-state index contributed by atoms with van der Waals surface area (Å²) in [6.07, 6.45) is -1.46. The first kappa shape index (κ1) is 38.1. The van der Waals surface area contributed by atoms with Crippen LogP contribution in [0, 0.1) is 5.92 Å². The number of sulfone groups is 1. The number of carbonyl (C=O) groups excluding carboxylic acids is 2. The number of hydrogen-bond acceptors (Lipinski definition) is 10. The number of hydrogen-bond donors (Lipinski definition) is 3. The molecule has 15 heteroatoms. The van der Waals surface area contributed by atoms with Gasteiger partial charge in [-0.3, -0.25) is 4.79 Å². The van der Waals surface area contributed by atoms with Crippen LogP contribution in [0.15, 0.2) is 53.4 Å². The van der Waals surface area contributed by atoms with Crippen molar-refractivity contribution in [2.75, 3.05) is 26.1 Å². The number of benzene rings is 2. The normalized spacial score (nSPS) is 15.6. The van der Waals surface area contributed by atoms with Crippen molar-refractivity contribution in [3.8, 4) is 11.5 Å². The van der Waals surface area contributed by atoms with Gasteiger partial charge in [0, 0.05) is 25.4 Å². The molecular weight excluding hydrogens is 650 g/mol. The maximum Gasteiger partial charge on any atom is 0.408 e. The van der Waals surface area contributed by atoms with Crippen LogP contribution in [0.1, 0.15) is 54.0 Å². The predicted octanol–water partition coefficient (Wildman–Crippen LogP) is 2.87. The maximum absolute atomic E-state index is 13.9. The Kier molecular flexibility index (Phi) is 12.0. The molecule has 0 aliphatic carbocycles. The summed E-state index contributed by atoms with van der Waals surface area (Å²) in [5, 5.41) is 16.8. The van der Waals surface area contributed by atoms with E-state index in [-0.39, 0.29) is 36.3 Å². The second kappa shape index (κ2) is 14.8. The topological polar surface area (TPSA) is 178 Å². The maximum atomic E-state index is 13.9. The molecule has 0 aromatic heterocycles. The van der Waals surface area contributed by atoms with E-state index >= 15 is 0 Å². The molecule has 0 bridgehead atoms. The Morgan fingerprint density at radius 2 is 1.55 bits per heavy atom. The van der Waals surface area contributed by atoms with Gasteiger partial charge in [0.25, 0.3) is 0 Å². The van der Waals surface area contributed by atoms with E-state index in [1.54, 1.807) is 51.1 Å². The van der Waals surface area contributed by atoms with Crippen LogP contribution in [0.5, 0.6) is 11.5 Å². The fraction of sp³-hybridized carbons (Fsp3) is 0.562. The van der Waals surface area contributed by atoms with Crippen LogP contribution in [-0.2, 0) is 35.8 Å². The molecule has 0 saturated carbocycles. The van der Waals surface area contributed by atoms with Crippen LogP contribution < -0.4 is 20.1 Å². The highest BCUT2D eigenvalue weighted by Gasteiger charge is 2.46. The summed E-state index contributed by atoms with van der Waals surface area (Å²) in [7, 11) is -8.11. The predicted molar refractivity (Wildman–Crippen MR) is 176 cm³/mol. The number of ether oxygens (including phenoxy) is 3. The molecule has 2 aromatic rings. The van der Waals surface area contributed by atoms with E-state index in [1.807, 2.05) is 13.8 Å². The number of aliphatic hydroxyl groups is 1. The highest BCUT2D eigenvalue weighted by molar-refractivity contribution is 7.92. The number of sulfonamides is 1. The van der Waals surface area contributed by atoms with Crippen LogP contribution in [0.4, 0.5) is 4.79 Å². The number of rotatable bonds is 14. The zero-order valence-electron chi connectivity index (χ0n) is 28.1. The average Bonchev–Trinajstić information content (AvgIpc) is 3.42. The summed E-state index contributed by atoms with van der Waals surface area (Å²) < 4.78 is 68.8. The van der Waals surface area contributed by atoms with Crippen LogP contribution in [-0.4, -0.2) is 92.9 Å². The Bertz CT molecular complexity index is 1620. The highest BCUT2D eigenvalue weighted by atomic mass is 32.2. The molecule has 13 nitrogen and oxygen atoms in total. The molecule has 0 spiro atoms. The first-order valence-corrected chi connectivity index (χ1v) is 18.6. The van der Waals surface area contributed by atoms with E-state index in [0.29, 0.717) is 11.3 Å². The average molecular weight is 698 g/mol. The van der Waals surface area contributed by atoms with Gasteiger partial charge in [-0.25, -0.2) is 21.6 Å². The second-order valence-electron chi connectivity index (χ2n) is 13.6. The minimum Gasteiger partial charge on any atom is -0.454 e. The molecule has 3 unspecified atom stereocenters. The zero-order valence-corrected chi connectivity index (χ0v) is 29.8. The van der Waals surface area contributed by atoms with Crippen LogP contribution in [0.2, 0.25) is 0 Å². The fourth-order valence-electron chi connectivity index (χ4n) is 4.81. The first-order chi connectivity index (χ1) is 21.6. The largest absolute Gasteiger partial charge is 0.454 e. The molecule has 47 heavy (non-hydrogen) atoms. The smallest absolute Gasteiger partial charge is 0.408 e. The molecule has 1 aliphatic rings. The highest BCUT2D eigenvalue weighted by Crippen LogP contribution is 2.35. The molecule has 3 atom stereocenters. The van der Waals surface area contributed by atoms with Gasteiger partial charge in [-0.15, -0.1) is 0 Å². The number of alkyl carbamates (subject to hydrolysis) is 1. The molecule has 1 aliphatic heterocycles.